The number of methoxy groups -OCH3 is 2. The van der Waals surface area contributed by atoms with Crippen LogP contribution in [0.3, 0.4) is 0 Å². The average Bonchev–Trinajstić information content (AvgIpc) is 2.80. The minimum Gasteiger partial charge on any atom is -0.493 e. The zero-order chi connectivity index (χ0) is 20.1. The molecule has 0 bridgehead atoms. The summed E-state index contributed by atoms with van der Waals surface area (Å²) in [5, 5.41) is 6.77. The van der Waals surface area contributed by atoms with Gasteiger partial charge in [0.15, 0.2) is 11.5 Å². The van der Waals surface area contributed by atoms with Crippen LogP contribution in [-0.2, 0) is 0 Å². The summed E-state index contributed by atoms with van der Waals surface area (Å²) in [4.78, 5) is 9.64. The van der Waals surface area contributed by atoms with Crippen LogP contribution in [0.2, 0.25) is 0 Å². The summed E-state index contributed by atoms with van der Waals surface area (Å²) in [7, 11) is 3.26. The first-order valence-electron chi connectivity index (χ1n) is 9.91. The van der Waals surface area contributed by atoms with Crippen LogP contribution >= 0.6 is 12.4 Å². The summed E-state index contributed by atoms with van der Waals surface area (Å²) in [5.74, 6) is 2.38. The molecule has 6 nitrogen and oxygen atoms in total. The molecular weight excluding hydrogens is 400 g/mol. The van der Waals surface area contributed by atoms with Crippen molar-refractivity contribution in [2.24, 2.45) is 0 Å². The van der Waals surface area contributed by atoms with Crippen molar-refractivity contribution in [1.82, 2.24) is 15.3 Å². The van der Waals surface area contributed by atoms with Gasteiger partial charge in [-0.25, -0.2) is 9.97 Å². The lowest BCUT2D eigenvalue weighted by molar-refractivity contribution is 0.355. The summed E-state index contributed by atoms with van der Waals surface area (Å²) in [5.41, 5.74) is 3.95. The minimum absolute atomic E-state index is 0. The Bertz CT molecular complexity index is 963. The molecule has 2 heterocycles. The molecule has 0 saturated carbocycles. The topological polar surface area (TPSA) is 68.3 Å². The summed E-state index contributed by atoms with van der Waals surface area (Å²) >= 11 is 0. The van der Waals surface area contributed by atoms with Gasteiger partial charge in [0.1, 0.15) is 0 Å². The van der Waals surface area contributed by atoms with Crippen LogP contribution in [0.1, 0.15) is 24.5 Å². The van der Waals surface area contributed by atoms with Crippen molar-refractivity contribution in [3.8, 4) is 22.8 Å². The highest BCUT2D eigenvalue weighted by Crippen LogP contribution is 2.32. The summed E-state index contributed by atoms with van der Waals surface area (Å²) in [6, 6.07) is 18.1. The van der Waals surface area contributed by atoms with E-state index < -0.39 is 0 Å². The van der Waals surface area contributed by atoms with Gasteiger partial charge < -0.3 is 20.1 Å². The molecule has 0 spiro atoms. The highest BCUT2D eigenvalue weighted by Gasteiger charge is 2.19. The number of nitrogens with zero attached hydrogens (tertiary/aromatic N) is 2. The predicted molar refractivity (Wildman–Crippen MR) is 122 cm³/mol. The third kappa shape index (κ3) is 5.01. The Labute approximate surface area is 183 Å². The van der Waals surface area contributed by atoms with E-state index in [1.807, 2.05) is 36.4 Å². The predicted octanol–water partition coefficient (Wildman–Crippen LogP) is 4.79. The third-order valence-corrected chi connectivity index (χ3v) is 5.21. The first-order valence-corrected chi connectivity index (χ1v) is 9.91. The zero-order valence-corrected chi connectivity index (χ0v) is 18.0. The Kier molecular flexibility index (Phi) is 7.49. The van der Waals surface area contributed by atoms with E-state index in [0.29, 0.717) is 23.4 Å². The SMILES string of the molecule is COc1ccc(Nc2nc(-c3ccccc3)cc(C3CCNCC3)n2)cc1OC.Cl. The Morgan fingerprint density at radius 1 is 0.900 bits per heavy atom. The van der Waals surface area contributed by atoms with Gasteiger partial charge in [-0.05, 0) is 44.1 Å². The Hall–Kier alpha value is -2.83. The minimum atomic E-state index is 0. The molecule has 0 aliphatic carbocycles. The van der Waals surface area contributed by atoms with Crippen LogP contribution in [0.25, 0.3) is 11.3 Å². The van der Waals surface area contributed by atoms with Gasteiger partial charge in [0.25, 0.3) is 0 Å². The van der Waals surface area contributed by atoms with Crippen molar-refractivity contribution in [2.45, 2.75) is 18.8 Å². The van der Waals surface area contributed by atoms with E-state index >= 15 is 0 Å². The number of hydrogen-bond acceptors (Lipinski definition) is 6. The van der Waals surface area contributed by atoms with Crippen LogP contribution in [0, 0.1) is 0 Å². The van der Waals surface area contributed by atoms with Gasteiger partial charge in [-0.2, -0.15) is 0 Å². The van der Waals surface area contributed by atoms with Crippen molar-refractivity contribution in [1.29, 1.82) is 0 Å². The van der Waals surface area contributed by atoms with E-state index in [2.05, 4.69) is 28.8 Å². The second kappa shape index (κ2) is 10.3. The van der Waals surface area contributed by atoms with Gasteiger partial charge in [-0.3, -0.25) is 0 Å². The first-order chi connectivity index (χ1) is 14.3. The van der Waals surface area contributed by atoms with E-state index in [-0.39, 0.29) is 12.4 Å². The maximum atomic E-state index is 5.41. The number of hydrogen-bond donors (Lipinski definition) is 2. The summed E-state index contributed by atoms with van der Waals surface area (Å²) in [6.45, 7) is 2.04. The molecule has 2 aromatic carbocycles. The normalized spacial score (nSPS) is 13.9. The fourth-order valence-electron chi connectivity index (χ4n) is 3.65. The molecule has 158 valence electrons. The molecule has 0 unspecified atom stereocenters. The second-order valence-corrected chi connectivity index (χ2v) is 7.09. The van der Waals surface area contributed by atoms with Crippen LogP contribution in [0.5, 0.6) is 11.5 Å². The molecule has 1 saturated heterocycles. The zero-order valence-electron chi connectivity index (χ0n) is 17.2. The maximum Gasteiger partial charge on any atom is 0.228 e. The quantitative estimate of drug-likeness (QED) is 0.590. The van der Waals surface area contributed by atoms with E-state index in [1.54, 1.807) is 14.2 Å². The van der Waals surface area contributed by atoms with Gasteiger partial charge in [0.2, 0.25) is 5.95 Å². The van der Waals surface area contributed by atoms with Crippen LogP contribution in [0.4, 0.5) is 11.6 Å². The number of anilines is 2. The molecule has 0 atom stereocenters. The Morgan fingerprint density at radius 2 is 1.63 bits per heavy atom. The van der Waals surface area contributed by atoms with E-state index in [0.717, 1.165) is 48.6 Å². The molecule has 0 radical (unpaired) electrons. The molecule has 1 fully saturated rings. The van der Waals surface area contributed by atoms with Crippen LogP contribution < -0.4 is 20.1 Å². The van der Waals surface area contributed by atoms with Gasteiger partial charge in [-0.15, -0.1) is 12.4 Å². The highest BCUT2D eigenvalue weighted by molar-refractivity contribution is 5.85. The lowest BCUT2D eigenvalue weighted by Gasteiger charge is -2.23. The van der Waals surface area contributed by atoms with Crippen molar-refractivity contribution >= 4 is 24.0 Å². The number of benzene rings is 2. The highest BCUT2D eigenvalue weighted by atomic mass is 35.5. The fraction of sp³-hybridized carbons (Fsp3) is 0.304. The van der Waals surface area contributed by atoms with E-state index in [1.165, 1.54) is 0 Å². The average molecular weight is 427 g/mol. The smallest absolute Gasteiger partial charge is 0.228 e. The number of aromatic nitrogens is 2. The molecule has 30 heavy (non-hydrogen) atoms. The van der Waals surface area contributed by atoms with Crippen LogP contribution in [0.15, 0.2) is 54.6 Å². The van der Waals surface area contributed by atoms with Gasteiger partial charge in [0.05, 0.1) is 19.9 Å². The molecule has 4 rings (SSSR count). The largest absolute Gasteiger partial charge is 0.493 e. The molecule has 2 N–H and O–H groups in total. The van der Waals surface area contributed by atoms with Gasteiger partial charge in [0, 0.05) is 28.9 Å². The van der Waals surface area contributed by atoms with Gasteiger partial charge in [-0.1, -0.05) is 30.3 Å². The molecule has 7 heteroatoms. The van der Waals surface area contributed by atoms with Crippen molar-refractivity contribution in [2.75, 3.05) is 32.6 Å². The van der Waals surface area contributed by atoms with Gasteiger partial charge >= 0.3 is 0 Å². The number of nitrogens with one attached hydrogen (secondary N) is 2. The third-order valence-electron chi connectivity index (χ3n) is 5.21. The Morgan fingerprint density at radius 3 is 2.33 bits per heavy atom. The van der Waals surface area contributed by atoms with Crippen molar-refractivity contribution in [3.63, 3.8) is 0 Å². The van der Waals surface area contributed by atoms with Crippen LogP contribution in [-0.4, -0.2) is 37.3 Å². The first kappa shape index (κ1) is 21.9. The summed E-state index contributed by atoms with van der Waals surface area (Å²) < 4.78 is 10.7. The van der Waals surface area contributed by atoms with E-state index in [4.69, 9.17) is 19.4 Å². The second-order valence-electron chi connectivity index (χ2n) is 7.09. The maximum absolute atomic E-state index is 5.41. The number of halogens is 1. The molecular formula is C23H27ClN4O2. The van der Waals surface area contributed by atoms with E-state index in [9.17, 15) is 0 Å². The standard InChI is InChI=1S/C23H26N4O2.ClH/c1-28-21-9-8-18(14-22(21)29-2)25-23-26-19(16-6-4-3-5-7-16)15-20(27-23)17-10-12-24-13-11-17;/h3-9,14-15,17,24H,10-13H2,1-2H3,(H,25,26,27);1H. The molecule has 1 aliphatic heterocycles. The lowest BCUT2D eigenvalue weighted by atomic mass is 9.93. The molecule has 1 aliphatic rings. The monoisotopic (exact) mass is 426 g/mol. The number of piperidine rings is 1. The molecule has 1 aromatic heterocycles. The van der Waals surface area contributed by atoms with Crippen molar-refractivity contribution in [3.05, 3.63) is 60.3 Å². The number of ether oxygens (including phenoxy) is 2. The lowest BCUT2D eigenvalue weighted by Crippen LogP contribution is -2.27. The molecule has 3 aromatic rings. The fourth-order valence-corrected chi connectivity index (χ4v) is 3.65. The Balaban J connectivity index is 0.00000256. The molecule has 0 amide bonds. The summed E-state index contributed by atoms with van der Waals surface area (Å²) in [6.07, 6.45) is 2.17. The number of rotatable bonds is 6. The van der Waals surface area contributed by atoms with Crippen molar-refractivity contribution < 1.29 is 9.47 Å².